The summed E-state index contributed by atoms with van der Waals surface area (Å²) >= 11 is 0. The lowest BCUT2D eigenvalue weighted by Crippen LogP contribution is -2.11. The molecule has 2 N–H and O–H groups in total. The lowest BCUT2D eigenvalue weighted by Gasteiger charge is -2.11. The lowest BCUT2D eigenvalue weighted by molar-refractivity contribution is 0.0602. The van der Waals surface area contributed by atoms with E-state index >= 15 is 0 Å². The van der Waals surface area contributed by atoms with Crippen molar-refractivity contribution in [2.45, 2.75) is 20.3 Å². The average molecular weight is 461 g/mol. The molecule has 1 aromatic carbocycles. The van der Waals surface area contributed by atoms with Gasteiger partial charge in [0.1, 0.15) is 17.2 Å². The van der Waals surface area contributed by atoms with Gasteiger partial charge in [-0.25, -0.2) is 14.2 Å². The normalized spacial score (nSPS) is 10.7. The van der Waals surface area contributed by atoms with Crippen LogP contribution in [0.2, 0.25) is 0 Å². The first-order chi connectivity index (χ1) is 16.6. The predicted octanol–water partition coefficient (Wildman–Crippen LogP) is 4.88. The summed E-state index contributed by atoms with van der Waals surface area (Å²) in [6.07, 6.45) is 6.82. The molecule has 9 heteroatoms. The van der Waals surface area contributed by atoms with Crippen molar-refractivity contribution in [2.75, 3.05) is 19.0 Å². The summed E-state index contributed by atoms with van der Waals surface area (Å²) in [5, 5.41) is 8.84. The van der Waals surface area contributed by atoms with Gasteiger partial charge in [-0.05, 0) is 24.1 Å². The minimum atomic E-state index is -0.549. The first-order valence-corrected chi connectivity index (χ1v) is 11.0. The Balaban J connectivity index is 0.00000133. The molecule has 0 amide bonds. The molecule has 0 aliphatic rings. The summed E-state index contributed by atoms with van der Waals surface area (Å²) in [5.41, 5.74) is 3.76. The number of carbonyl (C=O) groups is 1. The van der Waals surface area contributed by atoms with Crippen molar-refractivity contribution < 1.29 is 13.9 Å². The third kappa shape index (κ3) is 4.45. The quantitative estimate of drug-likeness (QED) is 0.351. The van der Waals surface area contributed by atoms with E-state index in [4.69, 9.17) is 4.74 Å². The number of hydrogen-bond donors (Lipinski definition) is 2. The van der Waals surface area contributed by atoms with Crippen LogP contribution in [0.5, 0.6) is 0 Å². The van der Waals surface area contributed by atoms with E-state index in [-0.39, 0.29) is 5.56 Å². The fraction of sp³-hybridized carbons (Fsp3) is 0.200. The topological polar surface area (TPSA) is 97.2 Å². The van der Waals surface area contributed by atoms with Gasteiger partial charge < -0.3 is 15.0 Å². The molecule has 0 atom stereocenters. The number of fused-ring (bicyclic) bond motifs is 2. The highest BCUT2D eigenvalue weighted by atomic mass is 19.1. The second kappa shape index (κ2) is 10.1. The van der Waals surface area contributed by atoms with Crippen LogP contribution in [-0.2, 0) is 11.2 Å². The number of pyridine rings is 1. The minimum absolute atomic E-state index is 0.221. The van der Waals surface area contributed by atoms with Crippen molar-refractivity contribution >= 4 is 28.3 Å². The van der Waals surface area contributed by atoms with Crippen LogP contribution in [0.15, 0.2) is 61.2 Å². The zero-order chi connectivity index (χ0) is 24.1. The highest BCUT2D eigenvalue weighted by Gasteiger charge is 2.18. The maximum Gasteiger partial charge on any atom is 0.343 e. The van der Waals surface area contributed by atoms with Crippen LogP contribution in [-0.4, -0.2) is 44.2 Å². The van der Waals surface area contributed by atoms with E-state index in [0.717, 1.165) is 18.1 Å². The molecule has 0 saturated heterocycles. The number of aromatic nitrogens is 5. The minimum Gasteiger partial charge on any atom is -0.465 e. The van der Waals surface area contributed by atoms with Crippen molar-refractivity contribution in [1.82, 2.24) is 24.6 Å². The fourth-order valence-electron chi connectivity index (χ4n) is 3.71. The summed E-state index contributed by atoms with van der Waals surface area (Å²) in [4.78, 5) is 23.9. The number of rotatable bonds is 6. The van der Waals surface area contributed by atoms with Gasteiger partial charge in [-0.15, -0.1) is 0 Å². The number of ether oxygens (including phenoxy) is 1. The summed E-state index contributed by atoms with van der Waals surface area (Å²) < 4.78 is 20.1. The van der Waals surface area contributed by atoms with Crippen LogP contribution in [0, 0.1) is 5.82 Å². The standard InChI is InChI=1S/C23H19FN6O2.C2H6/c1-32-23(31)18-13-28-30-21(9-20(29-22(18)30)15-8-16(24)12-25-10-15)26-7-6-14-11-27-19-5-3-2-4-17(14)19;1-2/h2-5,8-13,26-27H,6-7H2,1H3;1-2H3. The lowest BCUT2D eigenvalue weighted by atomic mass is 10.1. The number of anilines is 1. The number of aromatic amines is 1. The number of carbonyl (C=O) groups excluding carboxylic acids is 1. The molecule has 174 valence electrons. The Hall–Kier alpha value is -4.27. The maximum atomic E-state index is 13.8. The second-order valence-corrected chi connectivity index (χ2v) is 7.24. The summed E-state index contributed by atoms with van der Waals surface area (Å²) in [5.74, 6) is -0.407. The molecule has 8 nitrogen and oxygen atoms in total. The molecule has 4 aromatic heterocycles. The molecule has 0 unspecified atom stereocenters. The summed E-state index contributed by atoms with van der Waals surface area (Å²) in [7, 11) is 1.30. The molecule has 5 aromatic rings. The first-order valence-electron chi connectivity index (χ1n) is 11.0. The Morgan fingerprint density at radius 3 is 2.79 bits per heavy atom. The number of nitrogens with zero attached hydrogens (tertiary/aromatic N) is 4. The molecular formula is C25H25FN6O2. The molecule has 0 bridgehead atoms. The van der Waals surface area contributed by atoms with E-state index in [0.29, 0.717) is 29.3 Å². The van der Waals surface area contributed by atoms with Crippen LogP contribution in [0.1, 0.15) is 29.8 Å². The molecule has 34 heavy (non-hydrogen) atoms. The van der Waals surface area contributed by atoms with Crippen molar-refractivity contribution in [3.05, 3.63) is 78.1 Å². The summed E-state index contributed by atoms with van der Waals surface area (Å²) in [6.45, 7) is 4.61. The van der Waals surface area contributed by atoms with E-state index in [1.807, 2.05) is 38.2 Å². The van der Waals surface area contributed by atoms with E-state index < -0.39 is 11.8 Å². The number of halogens is 1. The zero-order valence-electron chi connectivity index (χ0n) is 19.2. The zero-order valence-corrected chi connectivity index (χ0v) is 19.2. The highest BCUT2D eigenvalue weighted by molar-refractivity contribution is 5.96. The smallest absolute Gasteiger partial charge is 0.343 e. The number of benzene rings is 1. The van der Waals surface area contributed by atoms with Crippen molar-refractivity contribution in [3.8, 4) is 11.3 Å². The van der Waals surface area contributed by atoms with Gasteiger partial charge in [0.25, 0.3) is 0 Å². The molecule has 0 radical (unpaired) electrons. The molecule has 0 aliphatic heterocycles. The van der Waals surface area contributed by atoms with Crippen LogP contribution >= 0.6 is 0 Å². The Labute approximate surface area is 195 Å². The van der Waals surface area contributed by atoms with Crippen molar-refractivity contribution in [1.29, 1.82) is 0 Å². The van der Waals surface area contributed by atoms with E-state index in [1.54, 1.807) is 6.07 Å². The van der Waals surface area contributed by atoms with Crippen molar-refractivity contribution in [3.63, 3.8) is 0 Å². The molecular weight excluding hydrogens is 435 g/mol. The summed E-state index contributed by atoms with van der Waals surface area (Å²) in [6, 6.07) is 11.2. The van der Waals surface area contributed by atoms with Crippen LogP contribution in [0.25, 0.3) is 27.8 Å². The van der Waals surface area contributed by atoms with Gasteiger partial charge in [0.15, 0.2) is 5.65 Å². The molecule has 0 fully saturated rings. The van der Waals surface area contributed by atoms with E-state index in [9.17, 15) is 9.18 Å². The van der Waals surface area contributed by atoms with Gasteiger partial charge in [0.2, 0.25) is 0 Å². The van der Waals surface area contributed by atoms with Crippen LogP contribution in [0.4, 0.5) is 10.2 Å². The Bertz CT molecular complexity index is 1440. The molecule has 0 spiro atoms. The third-order valence-electron chi connectivity index (χ3n) is 5.25. The van der Waals surface area contributed by atoms with Crippen LogP contribution in [0.3, 0.4) is 0 Å². The third-order valence-corrected chi connectivity index (χ3v) is 5.25. The number of hydrogen-bond acceptors (Lipinski definition) is 6. The fourth-order valence-corrected chi connectivity index (χ4v) is 3.71. The van der Waals surface area contributed by atoms with Crippen LogP contribution < -0.4 is 5.32 Å². The highest BCUT2D eigenvalue weighted by Crippen LogP contribution is 2.25. The Morgan fingerprint density at radius 2 is 2.00 bits per heavy atom. The number of esters is 1. The molecule has 4 heterocycles. The molecule has 5 rings (SSSR count). The number of H-pyrrole nitrogens is 1. The Kier molecular flexibility index (Phi) is 6.82. The number of para-hydroxylation sites is 1. The Morgan fingerprint density at radius 1 is 1.18 bits per heavy atom. The maximum absolute atomic E-state index is 13.8. The number of methoxy groups -OCH3 is 1. The monoisotopic (exact) mass is 460 g/mol. The van der Waals surface area contributed by atoms with Crippen molar-refractivity contribution in [2.24, 2.45) is 0 Å². The van der Waals surface area contributed by atoms with E-state index in [1.165, 1.54) is 41.0 Å². The van der Waals surface area contributed by atoms with Gasteiger partial charge in [0.05, 0.1) is 25.2 Å². The van der Waals surface area contributed by atoms with Gasteiger partial charge in [-0.1, -0.05) is 32.0 Å². The van der Waals surface area contributed by atoms with Gasteiger partial charge in [-0.2, -0.15) is 9.61 Å². The van der Waals surface area contributed by atoms with E-state index in [2.05, 4.69) is 31.4 Å². The van der Waals surface area contributed by atoms with Gasteiger partial charge in [-0.3, -0.25) is 4.98 Å². The second-order valence-electron chi connectivity index (χ2n) is 7.24. The predicted molar refractivity (Wildman–Crippen MR) is 129 cm³/mol. The molecule has 0 saturated carbocycles. The number of nitrogens with one attached hydrogen (secondary N) is 2. The average Bonchev–Trinajstić information content (AvgIpc) is 3.49. The largest absolute Gasteiger partial charge is 0.465 e. The first kappa shape index (κ1) is 22.9. The van der Waals surface area contributed by atoms with Gasteiger partial charge in [0, 0.05) is 41.5 Å². The molecule has 0 aliphatic carbocycles. The SMILES string of the molecule is CC.COC(=O)c1cnn2c(NCCc3c[nH]c4ccccc34)cc(-c3cncc(F)c3)nc12. The van der Waals surface area contributed by atoms with Gasteiger partial charge >= 0.3 is 5.97 Å².